The zero-order valence-electron chi connectivity index (χ0n) is 10.5. The van der Waals surface area contributed by atoms with Crippen molar-refractivity contribution in [2.24, 2.45) is 0 Å². The Labute approximate surface area is 112 Å². The van der Waals surface area contributed by atoms with E-state index in [1.165, 1.54) is 18.3 Å². The monoisotopic (exact) mass is 277 g/mol. The molecule has 2 aromatic rings. The van der Waals surface area contributed by atoms with Crippen molar-refractivity contribution in [2.75, 3.05) is 5.73 Å². The zero-order chi connectivity index (χ0) is 13.9. The van der Waals surface area contributed by atoms with Crippen molar-refractivity contribution in [1.29, 1.82) is 0 Å². The largest absolute Gasteiger partial charge is 0.384 e. The molecule has 5 nitrogen and oxygen atoms in total. The number of sulfonamides is 1. The van der Waals surface area contributed by atoms with E-state index >= 15 is 0 Å². The molecule has 0 radical (unpaired) electrons. The van der Waals surface area contributed by atoms with Gasteiger partial charge in [0.15, 0.2) is 0 Å². The van der Waals surface area contributed by atoms with E-state index in [0.29, 0.717) is 0 Å². The minimum absolute atomic E-state index is 0.106. The lowest BCUT2D eigenvalue weighted by molar-refractivity contribution is 0.581. The van der Waals surface area contributed by atoms with E-state index in [-0.39, 0.29) is 17.3 Å². The highest BCUT2D eigenvalue weighted by atomic mass is 32.2. The first-order valence-electron chi connectivity index (χ1n) is 5.74. The number of rotatable bonds is 4. The minimum atomic E-state index is -3.56. The molecule has 0 saturated carbocycles. The predicted molar refractivity (Wildman–Crippen MR) is 73.9 cm³/mol. The molecule has 0 bridgehead atoms. The number of benzene rings is 1. The molecule has 0 unspecified atom stereocenters. The van der Waals surface area contributed by atoms with E-state index in [0.717, 1.165) is 11.1 Å². The van der Waals surface area contributed by atoms with Gasteiger partial charge in [0, 0.05) is 12.7 Å². The highest BCUT2D eigenvalue weighted by Crippen LogP contribution is 2.10. The van der Waals surface area contributed by atoms with Crippen LogP contribution < -0.4 is 10.5 Å². The van der Waals surface area contributed by atoms with Crippen LogP contribution in [0.2, 0.25) is 0 Å². The third kappa shape index (κ3) is 3.52. The van der Waals surface area contributed by atoms with Crippen LogP contribution in [-0.4, -0.2) is 13.4 Å². The van der Waals surface area contributed by atoms with Gasteiger partial charge >= 0.3 is 0 Å². The van der Waals surface area contributed by atoms with Crippen LogP contribution in [0, 0.1) is 6.92 Å². The number of hydrogen-bond donors (Lipinski definition) is 2. The fraction of sp³-hybridized carbons (Fsp3) is 0.154. The number of anilines is 1. The molecule has 0 aliphatic rings. The van der Waals surface area contributed by atoms with Crippen LogP contribution in [0.1, 0.15) is 11.1 Å². The van der Waals surface area contributed by atoms with Gasteiger partial charge in [-0.15, -0.1) is 0 Å². The molecule has 0 aliphatic heterocycles. The molecule has 1 heterocycles. The van der Waals surface area contributed by atoms with Crippen LogP contribution in [0.25, 0.3) is 0 Å². The van der Waals surface area contributed by atoms with Crippen LogP contribution in [0.4, 0.5) is 5.82 Å². The second-order valence-electron chi connectivity index (χ2n) is 4.23. The van der Waals surface area contributed by atoms with Gasteiger partial charge in [0.2, 0.25) is 10.0 Å². The molecule has 0 atom stereocenters. The molecule has 0 aliphatic carbocycles. The fourth-order valence-electron chi connectivity index (χ4n) is 1.63. The van der Waals surface area contributed by atoms with Gasteiger partial charge in [-0.3, -0.25) is 0 Å². The summed E-state index contributed by atoms with van der Waals surface area (Å²) in [6.45, 7) is 2.20. The van der Waals surface area contributed by atoms with Crippen molar-refractivity contribution in [1.82, 2.24) is 9.71 Å². The highest BCUT2D eigenvalue weighted by Gasteiger charge is 2.13. The Bertz CT molecular complexity index is 667. The summed E-state index contributed by atoms with van der Waals surface area (Å²) in [5.41, 5.74) is 7.42. The molecule has 0 spiro atoms. The predicted octanol–water partition coefficient (Wildman–Crippen LogP) is 1.45. The molecule has 3 N–H and O–H groups in total. The first-order chi connectivity index (χ1) is 8.97. The first-order valence-corrected chi connectivity index (χ1v) is 7.22. The maximum atomic E-state index is 12.0. The molecule has 0 saturated heterocycles. The van der Waals surface area contributed by atoms with Crippen LogP contribution in [0.15, 0.2) is 47.5 Å². The number of nitrogens with one attached hydrogen (secondary N) is 1. The lowest BCUT2D eigenvalue weighted by atomic mass is 10.1. The van der Waals surface area contributed by atoms with Gasteiger partial charge < -0.3 is 5.73 Å². The average Bonchev–Trinajstić information content (AvgIpc) is 2.37. The quantitative estimate of drug-likeness (QED) is 0.885. The maximum Gasteiger partial charge on any atom is 0.242 e. The number of aryl methyl sites for hydroxylation is 1. The van der Waals surface area contributed by atoms with E-state index in [9.17, 15) is 8.42 Å². The molecule has 6 heteroatoms. The smallest absolute Gasteiger partial charge is 0.242 e. The summed E-state index contributed by atoms with van der Waals surface area (Å²) in [5, 5.41) is 0. The Morgan fingerprint density at radius 2 is 2.05 bits per heavy atom. The van der Waals surface area contributed by atoms with Crippen molar-refractivity contribution in [3.63, 3.8) is 0 Å². The van der Waals surface area contributed by atoms with E-state index in [1.807, 2.05) is 31.2 Å². The van der Waals surface area contributed by atoms with Crippen molar-refractivity contribution in [3.05, 3.63) is 53.7 Å². The Hall–Kier alpha value is -1.92. The molecular formula is C13H15N3O2S. The van der Waals surface area contributed by atoms with Gasteiger partial charge in [-0.1, -0.05) is 29.8 Å². The van der Waals surface area contributed by atoms with Gasteiger partial charge in [0.25, 0.3) is 0 Å². The van der Waals surface area contributed by atoms with Crippen molar-refractivity contribution in [2.45, 2.75) is 18.4 Å². The molecule has 0 fully saturated rings. The highest BCUT2D eigenvalue weighted by molar-refractivity contribution is 7.89. The molecule has 0 amide bonds. The molecule has 2 rings (SSSR count). The lowest BCUT2D eigenvalue weighted by Gasteiger charge is -2.07. The van der Waals surface area contributed by atoms with E-state index < -0.39 is 10.0 Å². The first kappa shape index (κ1) is 13.5. The van der Waals surface area contributed by atoms with E-state index in [1.54, 1.807) is 0 Å². The van der Waals surface area contributed by atoms with Gasteiger partial charge in [-0.05, 0) is 24.6 Å². The average molecular weight is 277 g/mol. The molecule has 1 aromatic carbocycles. The standard InChI is InChI=1S/C13H15N3O2S/c1-10-3-2-4-11(7-10)8-16-19(17,18)12-5-6-13(14)15-9-12/h2-7,9,16H,8H2,1H3,(H2,14,15). The van der Waals surface area contributed by atoms with Gasteiger partial charge in [-0.25, -0.2) is 18.1 Å². The number of nitrogens with two attached hydrogens (primary N) is 1. The number of pyridine rings is 1. The third-order valence-corrected chi connectivity index (χ3v) is 4.00. The normalized spacial score (nSPS) is 11.4. The van der Waals surface area contributed by atoms with Crippen molar-refractivity contribution in [3.8, 4) is 0 Å². The van der Waals surface area contributed by atoms with Gasteiger partial charge in [-0.2, -0.15) is 0 Å². The Kier molecular flexibility index (Phi) is 3.82. The van der Waals surface area contributed by atoms with Gasteiger partial charge in [0.05, 0.1) is 0 Å². The minimum Gasteiger partial charge on any atom is -0.384 e. The molecular weight excluding hydrogens is 262 g/mol. The number of aromatic nitrogens is 1. The Morgan fingerprint density at radius 3 is 2.68 bits per heavy atom. The molecule has 19 heavy (non-hydrogen) atoms. The number of nitrogens with zero attached hydrogens (tertiary/aromatic N) is 1. The summed E-state index contributed by atoms with van der Waals surface area (Å²) < 4.78 is 26.5. The van der Waals surface area contributed by atoms with Crippen LogP contribution in [0.3, 0.4) is 0 Å². The SMILES string of the molecule is Cc1cccc(CNS(=O)(=O)c2ccc(N)nc2)c1. The second kappa shape index (κ2) is 5.38. The Balaban J connectivity index is 2.12. The summed E-state index contributed by atoms with van der Waals surface area (Å²) in [6.07, 6.45) is 1.24. The van der Waals surface area contributed by atoms with Crippen LogP contribution in [0.5, 0.6) is 0 Å². The van der Waals surface area contributed by atoms with Crippen molar-refractivity contribution < 1.29 is 8.42 Å². The third-order valence-electron chi connectivity index (χ3n) is 2.62. The number of nitrogen functional groups attached to an aromatic ring is 1. The molecule has 100 valence electrons. The summed E-state index contributed by atoms with van der Waals surface area (Å²) in [7, 11) is -3.56. The van der Waals surface area contributed by atoms with E-state index in [2.05, 4.69) is 9.71 Å². The summed E-state index contributed by atoms with van der Waals surface area (Å²) in [5.74, 6) is 0.289. The zero-order valence-corrected chi connectivity index (χ0v) is 11.3. The van der Waals surface area contributed by atoms with Crippen molar-refractivity contribution >= 4 is 15.8 Å². The fourth-order valence-corrected chi connectivity index (χ4v) is 2.60. The topological polar surface area (TPSA) is 85.1 Å². The van der Waals surface area contributed by atoms with Crippen LogP contribution in [-0.2, 0) is 16.6 Å². The van der Waals surface area contributed by atoms with E-state index in [4.69, 9.17) is 5.73 Å². The van der Waals surface area contributed by atoms with Gasteiger partial charge in [0.1, 0.15) is 10.7 Å². The number of hydrogen-bond acceptors (Lipinski definition) is 4. The second-order valence-corrected chi connectivity index (χ2v) is 6.00. The Morgan fingerprint density at radius 1 is 1.26 bits per heavy atom. The summed E-state index contributed by atoms with van der Waals surface area (Å²) >= 11 is 0. The molecule has 1 aromatic heterocycles. The maximum absolute atomic E-state index is 12.0. The van der Waals surface area contributed by atoms with Crippen LogP contribution >= 0.6 is 0 Å². The lowest BCUT2D eigenvalue weighted by Crippen LogP contribution is -2.23. The summed E-state index contributed by atoms with van der Waals surface area (Å²) in [4.78, 5) is 3.88. The summed E-state index contributed by atoms with van der Waals surface area (Å²) in [6, 6.07) is 10.5.